The molecule has 2 aromatic carbocycles. The molecule has 0 saturated carbocycles. The summed E-state index contributed by atoms with van der Waals surface area (Å²) in [6.07, 6.45) is 0.164. The molecule has 0 bridgehead atoms. The molecule has 0 heterocycles. The molecule has 26 heavy (non-hydrogen) atoms. The van der Waals surface area contributed by atoms with E-state index < -0.39 is 5.76 Å². The van der Waals surface area contributed by atoms with Crippen molar-refractivity contribution in [3.8, 4) is 5.75 Å². The van der Waals surface area contributed by atoms with Gasteiger partial charge in [0, 0.05) is 10.6 Å². The van der Waals surface area contributed by atoms with E-state index in [0.29, 0.717) is 28.1 Å². The van der Waals surface area contributed by atoms with Gasteiger partial charge in [-0.05, 0) is 42.0 Å². The Morgan fingerprint density at radius 3 is 2.31 bits per heavy atom. The van der Waals surface area contributed by atoms with E-state index in [0.717, 1.165) is 5.56 Å². The Labute approximate surface area is 153 Å². The zero-order chi connectivity index (χ0) is 18.9. The van der Waals surface area contributed by atoms with Gasteiger partial charge in [0.1, 0.15) is 5.75 Å². The van der Waals surface area contributed by atoms with Crippen molar-refractivity contribution in [1.29, 1.82) is 0 Å². The third-order valence-electron chi connectivity index (χ3n) is 3.23. The maximum Gasteiger partial charge on any atom is 0.309 e. The van der Waals surface area contributed by atoms with Crippen molar-refractivity contribution in [2.24, 2.45) is 0 Å². The summed E-state index contributed by atoms with van der Waals surface area (Å²) in [6, 6.07) is 12.8. The number of carbonyl (C=O) groups is 2. The van der Waals surface area contributed by atoms with E-state index in [4.69, 9.17) is 4.74 Å². The molecule has 2 rings (SSSR count). The second kappa shape index (κ2) is 9.76. The van der Waals surface area contributed by atoms with Crippen LogP contribution in [0, 0.1) is 0 Å². The van der Waals surface area contributed by atoms with Crippen molar-refractivity contribution >= 4 is 29.3 Å². The first-order valence-corrected chi connectivity index (χ1v) is 8.47. The minimum absolute atomic E-state index is 0.164. The quantitative estimate of drug-likeness (QED) is 0.558. The van der Waals surface area contributed by atoms with Crippen LogP contribution in [0.4, 0.5) is 14.5 Å². The molecule has 0 unspecified atom stereocenters. The highest BCUT2D eigenvalue weighted by Gasteiger charge is 2.07. The van der Waals surface area contributed by atoms with Crippen LogP contribution >= 0.6 is 11.8 Å². The largest absolute Gasteiger partial charge is 0.484 e. The fraction of sp³-hybridized carbons (Fsp3) is 0.222. The molecular weight excluding hydrogens is 364 g/mol. The highest BCUT2D eigenvalue weighted by Crippen LogP contribution is 2.26. The van der Waals surface area contributed by atoms with Gasteiger partial charge in [-0.25, -0.2) is 0 Å². The number of hydrogen-bond donors (Lipinski definition) is 1. The number of anilines is 1. The van der Waals surface area contributed by atoms with E-state index in [2.05, 4.69) is 10.1 Å². The molecule has 0 aliphatic heterocycles. The first-order valence-electron chi connectivity index (χ1n) is 7.59. The van der Waals surface area contributed by atoms with E-state index >= 15 is 0 Å². The number of methoxy groups -OCH3 is 1. The standard InChI is InChI=1S/C18H17F2NO4S/c1-24-17(23)10-12-2-6-14(7-3-12)25-11-16(22)21-13-4-8-15(9-5-13)26-18(19)20/h2-9,18H,10-11H2,1H3,(H,21,22). The van der Waals surface area contributed by atoms with E-state index in [1.165, 1.54) is 19.2 Å². The van der Waals surface area contributed by atoms with Crippen LogP contribution in [0.15, 0.2) is 53.4 Å². The van der Waals surface area contributed by atoms with Crippen LogP contribution in [0.5, 0.6) is 5.75 Å². The number of amides is 1. The second-order valence-corrected chi connectivity index (χ2v) is 6.20. The van der Waals surface area contributed by atoms with Crippen LogP contribution in [0.3, 0.4) is 0 Å². The van der Waals surface area contributed by atoms with Gasteiger partial charge in [0.25, 0.3) is 11.7 Å². The summed E-state index contributed by atoms with van der Waals surface area (Å²) in [5.41, 5.74) is 1.26. The molecule has 2 aromatic rings. The molecule has 0 aromatic heterocycles. The van der Waals surface area contributed by atoms with Crippen LogP contribution in [0.2, 0.25) is 0 Å². The topological polar surface area (TPSA) is 64.6 Å². The van der Waals surface area contributed by atoms with Gasteiger partial charge in [-0.2, -0.15) is 8.78 Å². The zero-order valence-corrected chi connectivity index (χ0v) is 14.7. The van der Waals surface area contributed by atoms with Crippen LogP contribution in [-0.4, -0.2) is 31.4 Å². The van der Waals surface area contributed by atoms with Crippen molar-refractivity contribution in [2.75, 3.05) is 19.0 Å². The normalized spacial score (nSPS) is 10.5. The molecule has 1 N–H and O–H groups in total. The third kappa shape index (κ3) is 6.72. The number of carbonyl (C=O) groups excluding carboxylic acids is 2. The molecule has 0 saturated heterocycles. The summed E-state index contributed by atoms with van der Waals surface area (Å²) in [5.74, 6) is -2.71. The van der Waals surface area contributed by atoms with Crippen LogP contribution < -0.4 is 10.1 Å². The number of hydrogen-bond acceptors (Lipinski definition) is 5. The van der Waals surface area contributed by atoms with Gasteiger partial charge < -0.3 is 14.8 Å². The molecule has 1 amide bonds. The van der Waals surface area contributed by atoms with E-state index in [-0.39, 0.29) is 24.9 Å². The average Bonchev–Trinajstić information content (AvgIpc) is 2.62. The molecule has 0 fully saturated rings. The molecule has 0 spiro atoms. The van der Waals surface area contributed by atoms with E-state index in [1.54, 1.807) is 36.4 Å². The molecular formula is C18H17F2NO4S. The Kier molecular flexibility index (Phi) is 7.40. The minimum atomic E-state index is -2.48. The second-order valence-electron chi connectivity index (χ2n) is 5.14. The number of benzene rings is 2. The predicted molar refractivity (Wildman–Crippen MR) is 94.6 cm³/mol. The number of thioether (sulfide) groups is 1. The van der Waals surface area contributed by atoms with Gasteiger partial charge in [0.15, 0.2) is 6.61 Å². The van der Waals surface area contributed by atoms with Gasteiger partial charge in [0.05, 0.1) is 13.5 Å². The summed E-state index contributed by atoms with van der Waals surface area (Å²) in [6.45, 7) is -0.204. The summed E-state index contributed by atoms with van der Waals surface area (Å²) in [4.78, 5) is 23.5. The summed E-state index contributed by atoms with van der Waals surface area (Å²) >= 11 is 0.440. The number of rotatable bonds is 8. The first kappa shape index (κ1) is 19.7. The van der Waals surface area contributed by atoms with Crippen LogP contribution in [-0.2, 0) is 20.7 Å². The highest BCUT2D eigenvalue weighted by molar-refractivity contribution is 7.99. The molecule has 5 nitrogen and oxygen atoms in total. The predicted octanol–water partition coefficient (Wildman–Crippen LogP) is 3.73. The van der Waals surface area contributed by atoms with Crippen molar-refractivity contribution < 1.29 is 27.8 Å². The van der Waals surface area contributed by atoms with Crippen LogP contribution in [0.1, 0.15) is 5.56 Å². The number of ether oxygens (including phenoxy) is 2. The Bertz CT molecular complexity index is 736. The smallest absolute Gasteiger partial charge is 0.309 e. The van der Waals surface area contributed by atoms with E-state index in [1.807, 2.05) is 0 Å². The zero-order valence-electron chi connectivity index (χ0n) is 13.9. The van der Waals surface area contributed by atoms with Crippen molar-refractivity contribution in [3.63, 3.8) is 0 Å². The maximum atomic E-state index is 12.3. The Morgan fingerprint density at radius 2 is 1.73 bits per heavy atom. The van der Waals surface area contributed by atoms with Crippen molar-refractivity contribution in [3.05, 3.63) is 54.1 Å². The maximum absolute atomic E-state index is 12.3. The lowest BCUT2D eigenvalue weighted by atomic mass is 10.1. The first-order chi connectivity index (χ1) is 12.5. The number of alkyl halides is 2. The monoisotopic (exact) mass is 381 g/mol. The third-order valence-corrected chi connectivity index (χ3v) is 3.96. The number of halogens is 2. The summed E-state index contributed by atoms with van der Waals surface area (Å²) < 4.78 is 34.5. The molecule has 8 heteroatoms. The van der Waals surface area contributed by atoms with Gasteiger partial charge in [-0.15, -0.1) is 0 Å². The van der Waals surface area contributed by atoms with Gasteiger partial charge >= 0.3 is 5.97 Å². The molecule has 0 atom stereocenters. The summed E-state index contributed by atoms with van der Waals surface area (Å²) in [7, 11) is 1.32. The molecule has 0 aliphatic carbocycles. The SMILES string of the molecule is COC(=O)Cc1ccc(OCC(=O)Nc2ccc(SC(F)F)cc2)cc1. The number of nitrogens with one attached hydrogen (secondary N) is 1. The fourth-order valence-electron chi connectivity index (χ4n) is 2.01. The highest BCUT2D eigenvalue weighted by atomic mass is 32.2. The van der Waals surface area contributed by atoms with Gasteiger partial charge in [-0.1, -0.05) is 23.9 Å². The molecule has 138 valence electrons. The fourth-order valence-corrected chi connectivity index (χ4v) is 2.51. The molecule has 0 aliphatic rings. The number of esters is 1. The minimum Gasteiger partial charge on any atom is -0.484 e. The lowest BCUT2D eigenvalue weighted by Gasteiger charge is -2.09. The molecule has 0 radical (unpaired) electrons. The lowest BCUT2D eigenvalue weighted by molar-refractivity contribution is -0.139. The lowest BCUT2D eigenvalue weighted by Crippen LogP contribution is -2.20. The Hall–Kier alpha value is -2.61. The Balaban J connectivity index is 1.80. The van der Waals surface area contributed by atoms with Crippen molar-refractivity contribution in [2.45, 2.75) is 17.1 Å². The van der Waals surface area contributed by atoms with Crippen molar-refractivity contribution in [1.82, 2.24) is 0 Å². The van der Waals surface area contributed by atoms with Crippen LogP contribution in [0.25, 0.3) is 0 Å². The Morgan fingerprint density at radius 1 is 1.08 bits per heavy atom. The van der Waals surface area contributed by atoms with Gasteiger partial charge in [-0.3, -0.25) is 9.59 Å². The van der Waals surface area contributed by atoms with Gasteiger partial charge in [0.2, 0.25) is 0 Å². The van der Waals surface area contributed by atoms with E-state index in [9.17, 15) is 18.4 Å². The summed E-state index contributed by atoms with van der Waals surface area (Å²) in [5, 5.41) is 2.62. The average molecular weight is 381 g/mol.